The van der Waals surface area contributed by atoms with Gasteiger partial charge in [0.2, 0.25) is 5.91 Å². The van der Waals surface area contributed by atoms with Crippen molar-refractivity contribution in [2.75, 3.05) is 32.6 Å². The number of carbonyl (C=O) groups is 1. The third-order valence-electron chi connectivity index (χ3n) is 2.62. The van der Waals surface area contributed by atoms with Gasteiger partial charge in [-0.05, 0) is 18.6 Å². The number of nitrogens with zero attached hydrogens (tertiary/aromatic N) is 1. The van der Waals surface area contributed by atoms with E-state index in [1.54, 1.807) is 32.4 Å². The van der Waals surface area contributed by atoms with Crippen molar-refractivity contribution < 1.29 is 14.3 Å². The number of hydrogen-bond acceptors (Lipinski definition) is 4. The summed E-state index contributed by atoms with van der Waals surface area (Å²) < 4.78 is 10.3. The van der Waals surface area contributed by atoms with Crippen LogP contribution in [-0.2, 0) is 4.79 Å². The van der Waals surface area contributed by atoms with Crippen LogP contribution in [0.1, 0.15) is 13.3 Å². The van der Waals surface area contributed by atoms with Gasteiger partial charge < -0.3 is 25.8 Å². The number of nitrogens with one attached hydrogen (secondary N) is 2. The molecular formula is C14H23IN4O3. The number of carbonyl (C=O) groups excluding carboxylic acids is 1. The molecule has 124 valence electrons. The van der Waals surface area contributed by atoms with Crippen molar-refractivity contribution in [1.82, 2.24) is 5.32 Å². The highest BCUT2D eigenvalue weighted by Gasteiger charge is 2.05. The zero-order chi connectivity index (χ0) is 15.7. The van der Waals surface area contributed by atoms with Crippen molar-refractivity contribution in [3.8, 4) is 11.5 Å². The molecule has 8 heteroatoms. The summed E-state index contributed by atoms with van der Waals surface area (Å²) in [6.07, 6.45) is 0.884. The average Bonchev–Trinajstić information content (AvgIpc) is 2.50. The second-order valence-electron chi connectivity index (χ2n) is 4.25. The summed E-state index contributed by atoms with van der Waals surface area (Å²) in [6.45, 7) is 2.61. The number of amides is 1. The van der Waals surface area contributed by atoms with Crippen molar-refractivity contribution in [2.24, 2.45) is 10.7 Å². The predicted molar refractivity (Wildman–Crippen MR) is 98.4 cm³/mol. The van der Waals surface area contributed by atoms with Gasteiger partial charge in [0, 0.05) is 18.3 Å². The number of aliphatic imine (C=N–C) groups is 1. The lowest BCUT2D eigenvalue weighted by atomic mass is 10.3. The van der Waals surface area contributed by atoms with Gasteiger partial charge in [-0.15, -0.1) is 24.0 Å². The van der Waals surface area contributed by atoms with E-state index in [2.05, 4.69) is 15.6 Å². The van der Waals surface area contributed by atoms with Gasteiger partial charge in [0.05, 0.1) is 14.2 Å². The van der Waals surface area contributed by atoms with E-state index in [1.807, 2.05) is 6.92 Å². The van der Waals surface area contributed by atoms with Crippen LogP contribution in [0.3, 0.4) is 0 Å². The van der Waals surface area contributed by atoms with Gasteiger partial charge in [0.15, 0.2) is 17.5 Å². The molecule has 22 heavy (non-hydrogen) atoms. The Hall–Kier alpha value is -1.71. The summed E-state index contributed by atoms with van der Waals surface area (Å²) in [4.78, 5) is 15.4. The Bertz CT molecular complexity index is 509. The lowest BCUT2D eigenvalue weighted by Gasteiger charge is -2.10. The van der Waals surface area contributed by atoms with E-state index in [-0.39, 0.29) is 42.4 Å². The normalized spacial score (nSPS) is 10.4. The van der Waals surface area contributed by atoms with Crippen LogP contribution in [0, 0.1) is 0 Å². The molecule has 0 aliphatic rings. The highest BCUT2D eigenvalue weighted by Crippen LogP contribution is 2.29. The molecule has 1 aromatic rings. The minimum atomic E-state index is -0.158. The van der Waals surface area contributed by atoms with E-state index in [0.717, 1.165) is 6.42 Å². The van der Waals surface area contributed by atoms with E-state index in [1.165, 1.54) is 0 Å². The Morgan fingerprint density at radius 1 is 1.27 bits per heavy atom. The summed E-state index contributed by atoms with van der Waals surface area (Å²) >= 11 is 0. The third-order valence-corrected chi connectivity index (χ3v) is 2.62. The Morgan fingerprint density at radius 2 is 1.95 bits per heavy atom. The van der Waals surface area contributed by atoms with Crippen molar-refractivity contribution in [1.29, 1.82) is 0 Å². The lowest BCUT2D eigenvalue weighted by Crippen LogP contribution is -2.29. The molecule has 1 amide bonds. The number of nitrogens with two attached hydrogens (primary N) is 1. The van der Waals surface area contributed by atoms with E-state index < -0.39 is 0 Å². The molecule has 0 radical (unpaired) electrons. The summed E-state index contributed by atoms with van der Waals surface area (Å²) in [7, 11) is 3.12. The highest BCUT2D eigenvalue weighted by atomic mass is 127. The average molecular weight is 422 g/mol. The van der Waals surface area contributed by atoms with Crippen LogP contribution in [-0.4, -0.2) is 39.2 Å². The molecule has 0 fully saturated rings. The van der Waals surface area contributed by atoms with Crippen LogP contribution in [0.25, 0.3) is 0 Å². The van der Waals surface area contributed by atoms with Crippen molar-refractivity contribution in [3.05, 3.63) is 18.2 Å². The van der Waals surface area contributed by atoms with E-state index in [0.29, 0.717) is 23.7 Å². The standard InChI is InChI=1S/C14H22N4O3.HI/c1-4-7-16-13(19)9-17-14(15)18-10-5-6-11(20-2)12(8-10)21-3;/h5-6,8H,4,7,9H2,1-3H3,(H,16,19)(H3,15,17,18);1H. The fraction of sp³-hybridized carbons (Fsp3) is 0.429. The monoisotopic (exact) mass is 422 g/mol. The second-order valence-corrected chi connectivity index (χ2v) is 4.25. The molecule has 0 bridgehead atoms. The van der Waals surface area contributed by atoms with Gasteiger partial charge in [0.1, 0.15) is 6.54 Å². The number of methoxy groups -OCH3 is 2. The van der Waals surface area contributed by atoms with E-state index in [9.17, 15) is 4.79 Å². The Kier molecular flexibility index (Phi) is 10.1. The maximum absolute atomic E-state index is 11.4. The Labute approximate surface area is 147 Å². The molecule has 0 saturated heterocycles. The maximum atomic E-state index is 11.4. The maximum Gasteiger partial charge on any atom is 0.241 e. The molecule has 0 saturated carbocycles. The number of hydrogen-bond donors (Lipinski definition) is 3. The summed E-state index contributed by atoms with van der Waals surface area (Å²) in [5, 5.41) is 5.61. The van der Waals surface area contributed by atoms with Crippen molar-refractivity contribution in [3.63, 3.8) is 0 Å². The fourth-order valence-corrected chi connectivity index (χ4v) is 1.58. The molecule has 7 nitrogen and oxygen atoms in total. The smallest absolute Gasteiger partial charge is 0.241 e. The zero-order valence-electron chi connectivity index (χ0n) is 13.0. The van der Waals surface area contributed by atoms with Gasteiger partial charge in [-0.1, -0.05) is 6.92 Å². The highest BCUT2D eigenvalue weighted by molar-refractivity contribution is 14.0. The summed E-state index contributed by atoms with van der Waals surface area (Å²) in [5.41, 5.74) is 6.43. The Balaban J connectivity index is 0.00000441. The molecule has 0 spiro atoms. The molecule has 1 aromatic carbocycles. The zero-order valence-corrected chi connectivity index (χ0v) is 15.3. The fourth-order valence-electron chi connectivity index (χ4n) is 1.58. The summed E-state index contributed by atoms with van der Waals surface area (Å²) in [6, 6.07) is 5.27. The Morgan fingerprint density at radius 3 is 2.55 bits per heavy atom. The topological polar surface area (TPSA) is 98.0 Å². The SMILES string of the molecule is CCCNC(=O)CN=C(N)Nc1ccc(OC)c(OC)c1.I. The number of ether oxygens (including phenoxy) is 2. The van der Waals surface area contributed by atoms with Crippen LogP contribution >= 0.6 is 24.0 Å². The number of guanidine groups is 1. The first-order valence-electron chi connectivity index (χ1n) is 6.66. The lowest BCUT2D eigenvalue weighted by molar-refractivity contribution is -0.119. The minimum Gasteiger partial charge on any atom is -0.493 e. The van der Waals surface area contributed by atoms with Gasteiger partial charge in [-0.3, -0.25) is 4.79 Å². The van der Waals surface area contributed by atoms with Gasteiger partial charge >= 0.3 is 0 Å². The van der Waals surface area contributed by atoms with E-state index in [4.69, 9.17) is 15.2 Å². The second kappa shape index (κ2) is 10.9. The van der Waals surface area contributed by atoms with Crippen LogP contribution in [0.4, 0.5) is 5.69 Å². The first kappa shape index (κ1) is 20.3. The molecule has 0 aromatic heterocycles. The molecule has 0 aliphatic carbocycles. The molecule has 0 aliphatic heterocycles. The van der Waals surface area contributed by atoms with Gasteiger partial charge in [0.25, 0.3) is 0 Å². The van der Waals surface area contributed by atoms with Crippen LogP contribution in [0.5, 0.6) is 11.5 Å². The van der Waals surface area contributed by atoms with Gasteiger partial charge in [-0.25, -0.2) is 4.99 Å². The summed E-state index contributed by atoms with van der Waals surface area (Å²) in [5.74, 6) is 1.20. The largest absolute Gasteiger partial charge is 0.493 e. The molecule has 0 unspecified atom stereocenters. The van der Waals surface area contributed by atoms with Crippen molar-refractivity contribution >= 4 is 41.5 Å². The molecule has 0 heterocycles. The van der Waals surface area contributed by atoms with E-state index >= 15 is 0 Å². The van der Waals surface area contributed by atoms with Crippen LogP contribution in [0.15, 0.2) is 23.2 Å². The minimum absolute atomic E-state index is 0. The van der Waals surface area contributed by atoms with Crippen molar-refractivity contribution in [2.45, 2.75) is 13.3 Å². The number of rotatable bonds is 7. The number of anilines is 1. The van der Waals surface area contributed by atoms with Crippen LogP contribution in [0.2, 0.25) is 0 Å². The first-order chi connectivity index (χ1) is 10.1. The number of benzene rings is 1. The molecular weight excluding hydrogens is 399 g/mol. The third kappa shape index (κ3) is 6.83. The quantitative estimate of drug-likeness (QED) is 0.352. The molecule has 1 rings (SSSR count). The molecule has 4 N–H and O–H groups in total. The predicted octanol–water partition coefficient (Wildman–Crippen LogP) is 1.57. The number of halogens is 1. The van der Waals surface area contributed by atoms with Crippen LogP contribution < -0.4 is 25.8 Å². The molecule has 0 atom stereocenters. The first-order valence-corrected chi connectivity index (χ1v) is 6.66. The van der Waals surface area contributed by atoms with Gasteiger partial charge in [-0.2, -0.15) is 0 Å².